The first-order chi connectivity index (χ1) is 8.36. The molecule has 0 radical (unpaired) electrons. The van der Waals surface area contributed by atoms with Gasteiger partial charge < -0.3 is 19.7 Å². The average Bonchev–Trinajstić information content (AvgIpc) is 2.76. The highest BCUT2D eigenvalue weighted by Gasteiger charge is 1.96. The molecule has 0 aliphatic heterocycles. The number of hydrogen-bond donors (Lipinski definition) is 2. The summed E-state index contributed by atoms with van der Waals surface area (Å²) in [6.07, 6.45) is 6.48. The lowest BCUT2D eigenvalue weighted by Gasteiger charge is -2.04. The summed E-state index contributed by atoms with van der Waals surface area (Å²) in [4.78, 5) is 0. The highest BCUT2D eigenvalue weighted by atomic mass is 16.5. The van der Waals surface area contributed by atoms with Gasteiger partial charge in [-0.1, -0.05) is 6.92 Å². The second-order valence-corrected chi connectivity index (χ2v) is 4.12. The van der Waals surface area contributed by atoms with Crippen LogP contribution < -0.4 is 5.32 Å². The number of aliphatic hydroxyl groups is 1. The summed E-state index contributed by atoms with van der Waals surface area (Å²) in [5.74, 6) is 0. The van der Waals surface area contributed by atoms with E-state index in [0.29, 0.717) is 13.2 Å². The van der Waals surface area contributed by atoms with Gasteiger partial charge in [-0.2, -0.15) is 0 Å². The zero-order valence-electron chi connectivity index (χ0n) is 10.7. The minimum Gasteiger partial charge on any atom is -0.394 e. The summed E-state index contributed by atoms with van der Waals surface area (Å²) in [7, 11) is 0. The highest BCUT2D eigenvalue weighted by Crippen LogP contribution is 2.01. The summed E-state index contributed by atoms with van der Waals surface area (Å²) in [6, 6.07) is 2.16. The lowest BCUT2D eigenvalue weighted by Crippen LogP contribution is -2.16. The fourth-order valence-electron chi connectivity index (χ4n) is 1.69. The van der Waals surface area contributed by atoms with Crippen molar-refractivity contribution in [2.45, 2.75) is 32.9 Å². The Morgan fingerprint density at radius 1 is 1.41 bits per heavy atom. The molecule has 0 spiro atoms. The van der Waals surface area contributed by atoms with Crippen molar-refractivity contribution < 1.29 is 9.84 Å². The number of aryl methyl sites for hydroxylation is 1. The molecule has 0 atom stereocenters. The molecule has 17 heavy (non-hydrogen) atoms. The largest absolute Gasteiger partial charge is 0.394 e. The van der Waals surface area contributed by atoms with Crippen LogP contribution in [-0.4, -0.2) is 36.0 Å². The maximum absolute atomic E-state index is 8.52. The molecule has 0 aliphatic carbocycles. The summed E-state index contributed by atoms with van der Waals surface area (Å²) in [5, 5.41) is 11.9. The number of nitrogens with one attached hydrogen (secondary N) is 1. The SMILES string of the molecule is CCCn1ccc(CNCCCOCCO)c1. The topological polar surface area (TPSA) is 46.4 Å². The Labute approximate surface area is 104 Å². The lowest BCUT2D eigenvalue weighted by atomic mass is 10.3. The standard InChI is InChI=1S/C13H24N2O2/c1-2-6-15-7-4-13(12-15)11-14-5-3-9-17-10-8-16/h4,7,12,14,16H,2-3,5-6,8-11H2,1H3. The van der Waals surface area contributed by atoms with E-state index in [1.807, 2.05) is 0 Å². The molecule has 2 N–H and O–H groups in total. The van der Waals surface area contributed by atoms with Crippen LogP contribution >= 0.6 is 0 Å². The van der Waals surface area contributed by atoms with Gasteiger partial charge in [0.25, 0.3) is 0 Å². The minimum absolute atomic E-state index is 0.109. The van der Waals surface area contributed by atoms with Gasteiger partial charge >= 0.3 is 0 Å². The van der Waals surface area contributed by atoms with E-state index in [4.69, 9.17) is 9.84 Å². The molecule has 1 aromatic heterocycles. The molecule has 0 aromatic carbocycles. The second-order valence-electron chi connectivity index (χ2n) is 4.12. The van der Waals surface area contributed by atoms with Gasteiger partial charge in [0.05, 0.1) is 13.2 Å². The summed E-state index contributed by atoms with van der Waals surface area (Å²) < 4.78 is 7.40. The quantitative estimate of drug-likeness (QED) is 0.607. The number of rotatable bonds is 10. The van der Waals surface area contributed by atoms with Crippen molar-refractivity contribution in [3.05, 3.63) is 24.0 Å². The summed E-state index contributed by atoms with van der Waals surface area (Å²) in [6.45, 7) is 6.41. The molecular formula is C13H24N2O2. The maximum Gasteiger partial charge on any atom is 0.0697 e. The number of nitrogens with zero attached hydrogens (tertiary/aromatic N) is 1. The zero-order valence-corrected chi connectivity index (χ0v) is 10.7. The van der Waals surface area contributed by atoms with E-state index >= 15 is 0 Å². The van der Waals surface area contributed by atoms with E-state index in [1.165, 1.54) is 12.0 Å². The van der Waals surface area contributed by atoms with E-state index < -0.39 is 0 Å². The van der Waals surface area contributed by atoms with Crippen molar-refractivity contribution in [3.8, 4) is 0 Å². The second kappa shape index (κ2) is 9.22. The van der Waals surface area contributed by atoms with Crippen molar-refractivity contribution in [1.29, 1.82) is 0 Å². The van der Waals surface area contributed by atoms with Crippen molar-refractivity contribution in [3.63, 3.8) is 0 Å². The van der Waals surface area contributed by atoms with Crippen LogP contribution in [0.1, 0.15) is 25.3 Å². The number of aromatic nitrogens is 1. The first-order valence-corrected chi connectivity index (χ1v) is 6.40. The Morgan fingerprint density at radius 2 is 2.29 bits per heavy atom. The van der Waals surface area contributed by atoms with Crippen LogP contribution in [-0.2, 0) is 17.8 Å². The fourth-order valence-corrected chi connectivity index (χ4v) is 1.69. The summed E-state index contributed by atoms with van der Waals surface area (Å²) in [5.41, 5.74) is 1.33. The molecule has 0 saturated heterocycles. The van der Waals surface area contributed by atoms with E-state index in [0.717, 1.165) is 26.1 Å². The van der Waals surface area contributed by atoms with E-state index in [2.05, 4.69) is 35.3 Å². The van der Waals surface area contributed by atoms with E-state index in [-0.39, 0.29) is 6.61 Å². The van der Waals surface area contributed by atoms with Crippen molar-refractivity contribution >= 4 is 0 Å². The molecule has 0 unspecified atom stereocenters. The molecule has 1 rings (SSSR count). The van der Waals surface area contributed by atoms with Crippen LogP contribution in [0.3, 0.4) is 0 Å². The monoisotopic (exact) mass is 240 g/mol. The summed E-state index contributed by atoms with van der Waals surface area (Å²) >= 11 is 0. The molecule has 98 valence electrons. The molecule has 4 nitrogen and oxygen atoms in total. The minimum atomic E-state index is 0.109. The van der Waals surface area contributed by atoms with Gasteiger partial charge in [0.2, 0.25) is 0 Å². The molecule has 1 heterocycles. The molecule has 0 fully saturated rings. The van der Waals surface area contributed by atoms with E-state index in [1.54, 1.807) is 0 Å². The van der Waals surface area contributed by atoms with Gasteiger partial charge in [-0.25, -0.2) is 0 Å². The normalized spacial score (nSPS) is 10.9. The van der Waals surface area contributed by atoms with Crippen molar-refractivity contribution in [2.24, 2.45) is 0 Å². The van der Waals surface area contributed by atoms with Gasteiger partial charge in [-0.05, 0) is 31.0 Å². The van der Waals surface area contributed by atoms with Gasteiger partial charge in [0.15, 0.2) is 0 Å². The fraction of sp³-hybridized carbons (Fsp3) is 0.692. The van der Waals surface area contributed by atoms with Gasteiger partial charge in [0, 0.05) is 32.1 Å². The van der Waals surface area contributed by atoms with Crippen LogP contribution in [0, 0.1) is 0 Å². The van der Waals surface area contributed by atoms with Crippen LogP contribution in [0.4, 0.5) is 0 Å². The highest BCUT2D eigenvalue weighted by molar-refractivity contribution is 5.09. The lowest BCUT2D eigenvalue weighted by molar-refractivity contribution is 0.0907. The third-order valence-electron chi connectivity index (χ3n) is 2.50. The first-order valence-electron chi connectivity index (χ1n) is 6.40. The number of ether oxygens (including phenoxy) is 1. The van der Waals surface area contributed by atoms with Gasteiger partial charge in [-0.15, -0.1) is 0 Å². The zero-order chi connectivity index (χ0) is 12.3. The van der Waals surface area contributed by atoms with Gasteiger partial charge in [0.1, 0.15) is 0 Å². The molecule has 0 aliphatic rings. The van der Waals surface area contributed by atoms with Crippen LogP contribution in [0.25, 0.3) is 0 Å². The Morgan fingerprint density at radius 3 is 3.06 bits per heavy atom. The van der Waals surface area contributed by atoms with Crippen LogP contribution in [0.2, 0.25) is 0 Å². The maximum atomic E-state index is 8.52. The van der Waals surface area contributed by atoms with Gasteiger partial charge in [-0.3, -0.25) is 0 Å². The van der Waals surface area contributed by atoms with Crippen molar-refractivity contribution in [1.82, 2.24) is 9.88 Å². The Bertz CT molecular complexity index is 287. The molecule has 4 heteroatoms. The average molecular weight is 240 g/mol. The number of aliphatic hydroxyl groups excluding tert-OH is 1. The predicted octanol–water partition coefficient (Wildman–Crippen LogP) is 1.39. The third-order valence-corrected chi connectivity index (χ3v) is 2.50. The predicted molar refractivity (Wildman–Crippen MR) is 69.0 cm³/mol. The third kappa shape index (κ3) is 6.46. The smallest absolute Gasteiger partial charge is 0.0697 e. The van der Waals surface area contributed by atoms with E-state index in [9.17, 15) is 0 Å². The molecule has 1 aromatic rings. The molecular weight excluding hydrogens is 216 g/mol. The van der Waals surface area contributed by atoms with Crippen LogP contribution in [0.15, 0.2) is 18.5 Å². The molecule has 0 amide bonds. The van der Waals surface area contributed by atoms with Crippen molar-refractivity contribution in [2.75, 3.05) is 26.4 Å². The number of hydrogen-bond acceptors (Lipinski definition) is 3. The molecule has 0 saturated carbocycles. The Kier molecular flexibility index (Phi) is 7.71. The Hall–Kier alpha value is -0.840. The molecule has 0 bridgehead atoms. The Balaban J connectivity index is 2.01. The first kappa shape index (κ1) is 14.2. The van der Waals surface area contributed by atoms with Crippen LogP contribution in [0.5, 0.6) is 0 Å².